The van der Waals surface area contributed by atoms with Crippen LogP contribution >= 0.6 is 12.4 Å². The first-order valence-electron chi connectivity index (χ1n) is 5.05. The molecule has 2 aliphatic rings. The molecule has 2 rings (SSSR count). The number of carbonyl (C=O) groups excluding carboxylic acids is 1. The molecule has 0 aliphatic carbocycles. The van der Waals surface area contributed by atoms with E-state index in [0.29, 0.717) is 32.4 Å². The average Bonchev–Trinajstić information content (AvgIpc) is 2.26. The lowest BCUT2D eigenvalue weighted by Crippen LogP contribution is -2.63. The zero-order valence-corrected chi connectivity index (χ0v) is 10.7. The van der Waals surface area contributed by atoms with E-state index in [1.54, 1.807) is 0 Å². The van der Waals surface area contributed by atoms with Crippen LogP contribution in [-0.2, 0) is 19.4 Å². The van der Waals surface area contributed by atoms with Gasteiger partial charge in [0.05, 0.1) is 11.9 Å². The zero-order chi connectivity index (χ0) is 11.1. The summed E-state index contributed by atoms with van der Waals surface area (Å²) in [7, 11) is -2.08. The highest BCUT2D eigenvalue weighted by Crippen LogP contribution is 2.46. The van der Waals surface area contributed by atoms with Crippen molar-refractivity contribution in [3.63, 3.8) is 0 Å². The highest BCUT2D eigenvalue weighted by molar-refractivity contribution is 7.95. The van der Waals surface area contributed by atoms with E-state index in [-0.39, 0.29) is 12.4 Å². The number of piperidine rings is 1. The Hall–Kier alpha value is -0.330. The van der Waals surface area contributed by atoms with E-state index in [4.69, 9.17) is 0 Å². The molecule has 1 N–H and O–H groups in total. The molecule has 0 saturated carbocycles. The third-order valence-corrected chi connectivity index (χ3v) is 6.40. The van der Waals surface area contributed by atoms with Gasteiger partial charge in [-0.2, -0.15) is 0 Å². The molecular formula is C9H16ClNO4S. The first-order chi connectivity index (χ1) is 7.03. The number of halogens is 1. The molecule has 5 nitrogen and oxygen atoms in total. The van der Waals surface area contributed by atoms with Crippen molar-refractivity contribution in [1.29, 1.82) is 0 Å². The van der Waals surface area contributed by atoms with Crippen LogP contribution in [0.3, 0.4) is 0 Å². The van der Waals surface area contributed by atoms with Gasteiger partial charge >= 0.3 is 5.97 Å². The van der Waals surface area contributed by atoms with Crippen LogP contribution in [0.2, 0.25) is 0 Å². The Balaban J connectivity index is 0.00000128. The van der Waals surface area contributed by atoms with Crippen molar-refractivity contribution in [2.24, 2.45) is 0 Å². The second kappa shape index (κ2) is 4.50. The summed E-state index contributed by atoms with van der Waals surface area (Å²) < 4.78 is 27.8. The van der Waals surface area contributed by atoms with Crippen LogP contribution in [0.4, 0.5) is 0 Å². The van der Waals surface area contributed by atoms with Crippen molar-refractivity contribution in [2.45, 2.75) is 29.3 Å². The van der Waals surface area contributed by atoms with Crippen molar-refractivity contribution in [2.75, 3.05) is 20.2 Å². The standard InChI is InChI=1S/C9H15NO4S.ClH/c1-14-8(11)7-6-9(15(7,12)13)2-4-10-5-3-9;/h7,10H,2-6H2,1H3;1H. The lowest BCUT2D eigenvalue weighted by Gasteiger charge is -2.47. The van der Waals surface area contributed by atoms with Gasteiger partial charge in [0.1, 0.15) is 0 Å². The van der Waals surface area contributed by atoms with Crippen molar-refractivity contribution in [1.82, 2.24) is 5.32 Å². The molecule has 0 radical (unpaired) electrons. The van der Waals surface area contributed by atoms with Gasteiger partial charge in [0.25, 0.3) is 0 Å². The summed E-state index contributed by atoms with van der Waals surface area (Å²) in [5.41, 5.74) is 0. The summed E-state index contributed by atoms with van der Waals surface area (Å²) in [5, 5.41) is 2.21. The smallest absolute Gasteiger partial charge is 0.324 e. The highest BCUT2D eigenvalue weighted by atomic mass is 35.5. The summed E-state index contributed by atoms with van der Waals surface area (Å²) in [6, 6.07) is 0. The topological polar surface area (TPSA) is 72.5 Å². The predicted octanol–water partition coefficient (Wildman–Crippen LogP) is -0.109. The molecule has 1 spiro atoms. The van der Waals surface area contributed by atoms with Gasteiger partial charge in [-0.25, -0.2) is 8.42 Å². The van der Waals surface area contributed by atoms with Crippen LogP contribution in [-0.4, -0.2) is 44.6 Å². The van der Waals surface area contributed by atoms with Crippen LogP contribution in [0.5, 0.6) is 0 Å². The maximum Gasteiger partial charge on any atom is 0.324 e. The van der Waals surface area contributed by atoms with Gasteiger partial charge in [-0.3, -0.25) is 4.79 Å². The molecule has 94 valence electrons. The van der Waals surface area contributed by atoms with E-state index in [0.717, 1.165) is 0 Å². The Morgan fingerprint density at radius 1 is 1.38 bits per heavy atom. The number of hydrogen-bond acceptors (Lipinski definition) is 5. The Morgan fingerprint density at radius 3 is 2.38 bits per heavy atom. The SMILES string of the molecule is COC(=O)C1CC2(CCNCC2)S1(=O)=O.Cl. The highest BCUT2D eigenvalue weighted by Gasteiger charge is 2.62. The van der Waals surface area contributed by atoms with Gasteiger partial charge in [0, 0.05) is 0 Å². The Morgan fingerprint density at radius 2 is 1.94 bits per heavy atom. The first kappa shape index (κ1) is 13.7. The van der Waals surface area contributed by atoms with Crippen LogP contribution < -0.4 is 5.32 Å². The number of hydrogen-bond donors (Lipinski definition) is 1. The quantitative estimate of drug-likeness (QED) is 0.673. The third kappa shape index (κ3) is 1.72. The number of carbonyl (C=O) groups is 1. The molecule has 7 heteroatoms. The zero-order valence-electron chi connectivity index (χ0n) is 9.06. The van der Waals surface area contributed by atoms with Gasteiger partial charge in [-0.15, -0.1) is 12.4 Å². The van der Waals surface area contributed by atoms with Gasteiger partial charge in [0.2, 0.25) is 0 Å². The Kier molecular flexibility index (Phi) is 3.87. The van der Waals surface area contributed by atoms with Crippen LogP contribution in [0.25, 0.3) is 0 Å². The molecule has 0 aromatic heterocycles. The van der Waals surface area contributed by atoms with Crippen LogP contribution in [0, 0.1) is 0 Å². The minimum atomic E-state index is -3.31. The van der Waals surface area contributed by atoms with E-state index in [1.807, 2.05) is 0 Å². The van der Waals surface area contributed by atoms with Crippen LogP contribution in [0.1, 0.15) is 19.3 Å². The number of esters is 1. The minimum absolute atomic E-state index is 0. The maximum absolute atomic E-state index is 12.0. The molecule has 0 amide bonds. The number of ether oxygens (including phenoxy) is 1. The molecule has 2 fully saturated rings. The van der Waals surface area contributed by atoms with E-state index in [9.17, 15) is 13.2 Å². The predicted molar refractivity (Wildman–Crippen MR) is 61.4 cm³/mol. The molecule has 16 heavy (non-hydrogen) atoms. The van der Waals surface area contributed by atoms with Gasteiger partial charge in [0.15, 0.2) is 15.1 Å². The lowest BCUT2D eigenvalue weighted by atomic mass is 9.90. The minimum Gasteiger partial charge on any atom is -0.468 e. The largest absolute Gasteiger partial charge is 0.468 e. The number of nitrogens with one attached hydrogen (secondary N) is 1. The summed E-state index contributed by atoms with van der Waals surface area (Å²) >= 11 is 0. The van der Waals surface area contributed by atoms with E-state index in [1.165, 1.54) is 7.11 Å². The number of rotatable bonds is 1. The fourth-order valence-corrected chi connectivity index (χ4v) is 4.84. The molecule has 0 bridgehead atoms. The lowest BCUT2D eigenvalue weighted by molar-refractivity contribution is -0.141. The molecule has 1 atom stereocenters. The Labute approximate surface area is 101 Å². The molecule has 1 unspecified atom stereocenters. The summed E-state index contributed by atoms with van der Waals surface area (Å²) in [6.45, 7) is 1.43. The van der Waals surface area contributed by atoms with Crippen LogP contribution in [0.15, 0.2) is 0 Å². The van der Waals surface area contributed by atoms with E-state index < -0.39 is 25.8 Å². The van der Waals surface area contributed by atoms with Crippen molar-refractivity contribution in [3.05, 3.63) is 0 Å². The second-order valence-electron chi connectivity index (χ2n) is 4.19. The maximum atomic E-state index is 12.0. The second-order valence-corrected chi connectivity index (χ2v) is 6.72. The normalized spacial score (nSPS) is 29.9. The summed E-state index contributed by atoms with van der Waals surface area (Å²) in [5.74, 6) is -0.612. The number of methoxy groups -OCH3 is 1. The Bertz CT molecular complexity index is 375. The monoisotopic (exact) mass is 269 g/mol. The average molecular weight is 270 g/mol. The molecule has 0 aromatic rings. The number of sulfone groups is 1. The molecule has 2 saturated heterocycles. The van der Waals surface area contributed by atoms with Crippen molar-refractivity contribution >= 4 is 28.2 Å². The fraction of sp³-hybridized carbons (Fsp3) is 0.889. The van der Waals surface area contributed by atoms with Crippen molar-refractivity contribution < 1.29 is 17.9 Å². The van der Waals surface area contributed by atoms with Gasteiger partial charge < -0.3 is 10.1 Å². The molecule has 2 heterocycles. The summed E-state index contributed by atoms with van der Waals surface area (Å²) in [4.78, 5) is 11.2. The molecule has 0 aromatic carbocycles. The fourth-order valence-electron chi connectivity index (χ4n) is 2.48. The third-order valence-electron chi connectivity index (χ3n) is 3.51. The van der Waals surface area contributed by atoms with Crippen molar-refractivity contribution in [3.8, 4) is 0 Å². The first-order valence-corrected chi connectivity index (χ1v) is 6.60. The van der Waals surface area contributed by atoms with E-state index in [2.05, 4.69) is 10.1 Å². The molecule has 2 aliphatic heterocycles. The summed E-state index contributed by atoms with van der Waals surface area (Å²) in [6.07, 6.45) is 1.66. The van der Waals surface area contributed by atoms with Gasteiger partial charge in [-0.05, 0) is 32.4 Å². The van der Waals surface area contributed by atoms with Gasteiger partial charge in [-0.1, -0.05) is 0 Å². The molecular weight excluding hydrogens is 254 g/mol. The van der Waals surface area contributed by atoms with E-state index >= 15 is 0 Å².